The van der Waals surface area contributed by atoms with Gasteiger partial charge in [-0.2, -0.15) is 0 Å². The molecule has 2 aliphatic heterocycles. The van der Waals surface area contributed by atoms with Crippen LogP contribution in [0.3, 0.4) is 0 Å². The van der Waals surface area contributed by atoms with Crippen molar-refractivity contribution in [2.45, 2.75) is 26.3 Å². The molecule has 2 aromatic rings. The van der Waals surface area contributed by atoms with E-state index in [1.54, 1.807) is 14.0 Å². The van der Waals surface area contributed by atoms with Gasteiger partial charge >= 0.3 is 0 Å². The number of hydrogen-bond acceptors (Lipinski definition) is 3. The fraction of sp³-hybridized carbons (Fsp3) is 0.522. The number of methoxy groups -OCH3 is 1. The first-order valence-corrected chi connectivity index (χ1v) is 10.0. The van der Waals surface area contributed by atoms with Gasteiger partial charge in [-0.25, -0.2) is 0 Å². The van der Waals surface area contributed by atoms with E-state index >= 15 is 0 Å². The zero-order valence-corrected chi connectivity index (χ0v) is 16.5. The largest absolute Gasteiger partial charge is 0.384 e. The van der Waals surface area contributed by atoms with E-state index in [4.69, 9.17) is 4.74 Å². The monoisotopic (exact) mass is 366 g/mol. The van der Waals surface area contributed by atoms with Crippen molar-refractivity contribution in [3.63, 3.8) is 0 Å². The molecule has 2 aromatic carbocycles. The lowest BCUT2D eigenvalue weighted by molar-refractivity contribution is -0.128. The summed E-state index contributed by atoms with van der Waals surface area (Å²) in [5.74, 6) is 0.664. The first-order valence-electron chi connectivity index (χ1n) is 10.0. The number of carbonyl (C=O) groups is 1. The minimum Gasteiger partial charge on any atom is -0.384 e. The van der Waals surface area contributed by atoms with E-state index in [1.165, 1.54) is 16.3 Å². The van der Waals surface area contributed by atoms with E-state index in [1.807, 2.05) is 4.90 Å². The van der Waals surface area contributed by atoms with Crippen LogP contribution in [0.15, 0.2) is 42.5 Å². The number of carbonyl (C=O) groups excluding carboxylic acids is 1. The number of hydrogen-bond donors (Lipinski definition) is 0. The third kappa shape index (κ3) is 3.61. The molecule has 1 amide bonds. The highest BCUT2D eigenvalue weighted by Crippen LogP contribution is 2.45. The summed E-state index contributed by atoms with van der Waals surface area (Å²) in [6, 6.07) is 15.3. The molecule has 2 heterocycles. The number of fused-ring (bicyclic) bond motifs is 1. The minimum atomic E-state index is 0.200. The molecule has 4 heteroatoms. The zero-order chi connectivity index (χ0) is 18.9. The summed E-state index contributed by atoms with van der Waals surface area (Å²) >= 11 is 0. The van der Waals surface area contributed by atoms with Crippen molar-refractivity contribution in [1.82, 2.24) is 9.80 Å². The predicted octanol–water partition coefficient (Wildman–Crippen LogP) is 3.55. The lowest BCUT2D eigenvalue weighted by Crippen LogP contribution is -2.45. The minimum absolute atomic E-state index is 0.200. The van der Waals surface area contributed by atoms with Crippen molar-refractivity contribution in [2.75, 3.05) is 39.9 Å². The molecular formula is C23H30N2O2. The van der Waals surface area contributed by atoms with Gasteiger partial charge in [0.1, 0.15) is 0 Å². The summed E-state index contributed by atoms with van der Waals surface area (Å²) in [7, 11) is 1.78. The van der Waals surface area contributed by atoms with Crippen molar-refractivity contribution in [3.05, 3.63) is 48.0 Å². The molecule has 0 aromatic heterocycles. The van der Waals surface area contributed by atoms with E-state index in [0.29, 0.717) is 5.92 Å². The van der Waals surface area contributed by atoms with Gasteiger partial charge in [-0.3, -0.25) is 9.69 Å². The lowest BCUT2D eigenvalue weighted by atomic mass is 9.71. The topological polar surface area (TPSA) is 32.8 Å². The second kappa shape index (κ2) is 7.61. The average molecular weight is 367 g/mol. The van der Waals surface area contributed by atoms with Crippen LogP contribution in [0.4, 0.5) is 0 Å². The van der Waals surface area contributed by atoms with Gasteiger partial charge in [-0.1, -0.05) is 42.5 Å². The molecule has 144 valence electrons. The van der Waals surface area contributed by atoms with Gasteiger partial charge in [-0.05, 0) is 47.7 Å². The SMILES string of the molecule is COC[C@@H]1CN(C(C)=O)CC12CCN(Cc1cccc3ccccc13)CC2. The van der Waals surface area contributed by atoms with Gasteiger partial charge in [-0.15, -0.1) is 0 Å². The number of nitrogens with zero attached hydrogens (tertiary/aromatic N) is 2. The van der Waals surface area contributed by atoms with Gasteiger partial charge in [0.25, 0.3) is 0 Å². The Balaban J connectivity index is 1.46. The van der Waals surface area contributed by atoms with Crippen LogP contribution >= 0.6 is 0 Å². The third-order valence-electron chi connectivity index (χ3n) is 6.75. The van der Waals surface area contributed by atoms with Crippen molar-refractivity contribution in [1.29, 1.82) is 0 Å². The summed E-state index contributed by atoms with van der Waals surface area (Å²) < 4.78 is 5.50. The molecule has 2 saturated heterocycles. The van der Waals surface area contributed by atoms with E-state index < -0.39 is 0 Å². The van der Waals surface area contributed by atoms with Crippen LogP contribution in [0.1, 0.15) is 25.3 Å². The molecular weight excluding hydrogens is 336 g/mol. The van der Waals surface area contributed by atoms with Crippen molar-refractivity contribution in [2.24, 2.45) is 11.3 Å². The Hall–Kier alpha value is -1.91. The van der Waals surface area contributed by atoms with Crippen LogP contribution < -0.4 is 0 Å². The quantitative estimate of drug-likeness (QED) is 0.830. The summed E-state index contributed by atoms with van der Waals surface area (Å²) in [6.45, 7) is 7.39. The van der Waals surface area contributed by atoms with Gasteiger partial charge in [0.2, 0.25) is 5.91 Å². The first-order chi connectivity index (χ1) is 13.1. The number of benzene rings is 2. The van der Waals surface area contributed by atoms with Gasteiger partial charge < -0.3 is 9.64 Å². The van der Waals surface area contributed by atoms with Gasteiger partial charge in [0, 0.05) is 39.6 Å². The second-order valence-electron chi connectivity index (χ2n) is 8.33. The first kappa shape index (κ1) is 18.5. The normalized spacial score (nSPS) is 22.6. The maximum Gasteiger partial charge on any atom is 0.219 e. The number of amides is 1. The van der Waals surface area contributed by atoms with E-state index in [0.717, 1.165) is 52.2 Å². The van der Waals surface area contributed by atoms with Crippen LogP contribution in [0.5, 0.6) is 0 Å². The number of likely N-dealkylation sites (tertiary alicyclic amines) is 2. The molecule has 1 spiro atoms. The Morgan fingerprint density at radius 2 is 1.89 bits per heavy atom. The zero-order valence-electron chi connectivity index (χ0n) is 16.5. The molecule has 4 nitrogen and oxygen atoms in total. The molecule has 27 heavy (non-hydrogen) atoms. The highest BCUT2D eigenvalue weighted by molar-refractivity contribution is 5.85. The lowest BCUT2D eigenvalue weighted by Gasteiger charge is -2.42. The molecule has 0 saturated carbocycles. The Morgan fingerprint density at radius 1 is 1.15 bits per heavy atom. The maximum atomic E-state index is 11.9. The van der Waals surface area contributed by atoms with E-state index in [9.17, 15) is 4.79 Å². The van der Waals surface area contributed by atoms with Crippen LogP contribution in [0.2, 0.25) is 0 Å². The van der Waals surface area contributed by atoms with Crippen molar-refractivity contribution >= 4 is 16.7 Å². The van der Waals surface area contributed by atoms with Gasteiger partial charge in [0.05, 0.1) is 6.61 Å². The molecule has 0 bridgehead atoms. The predicted molar refractivity (Wildman–Crippen MR) is 109 cm³/mol. The number of ether oxygens (including phenoxy) is 1. The molecule has 4 rings (SSSR count). The summed E-state index contributed by atoms with van der Waals surface area (Å²) in [5, 5.41) is 2.68. The second-order valence-corrected chi connectivity index (χ2v) is 8.33. The Bertz CT molecular complexity index is 806. The van der Waals surface area contributed by atoms with Crippen LogP contribution in [0.25, 0.3) is 10.8 Å². The number of piperidine rings is 1. The van der Waals surface area contributed by atoms with Gasteiger partial charge in [0.15, 0.2) is 0 Å². The molecule has 2 fully saturated rings. The fourth-order valence-corrected chi connectivity index (χ4v) is 5.10. The smallest absolute Gasteiger partial charge is 0.219 e. The molecule has 0 aliphatic carbocycles. The highest BCUT2D eigenvalue weighted by atomic mass is 16.5. The molecule has 0 radical (unpaired) electrons. The van der Waals surface area contributed by atoms with Crippen LogP contribution in [0, 0.1) is 11.3 Å². The Kier molecular flexibility index (Phi) is 5.20. The number of rotatable bonds is 4. The molecule has 0 unspecified atom stereocenters. The van der Waals surface area contributed by atoms with Crippen LogP contribution in [-0.4, -0.2) is 55.6 Å². The van der Waals surface area contributed by atoms with Crippen molar-refractivity contribution < 1.29 is 9.53 Å². The Morgan fingerprint density at radius 3 is 2.63 bits per heavy atom. The highest BCUT2D eigenvalue weighted by Gasteiger charge is 2.48. The summed E-state index contributed by atoms with van der Waals surface area (Å²) in [6.07, 6.45) is 2.30. The van der Waals surface area contributed by atoms with E-state index in [2.05, 4.69) is 47.4 Å². The summed E-state index contributed by atoms with van der Waals surface area (Å²) in [4.78, 5) is 16.5. The average Bonchev–Trinajstić information content (AvgIpc) is 3.03. The standard InChI is InChI=1S/C23H30N2O2/c1-18(26)25-15-21(16-27-2)23(17-25)10-12-24(13-11-23)14-20-8-5-7-19-6-3-4-9-22(19)20/h3-9,21H,10-17H2,1-2H3/t21-/m0/s1. The molecule has 0 N–H and O–H groups in total. The maximum absolute atomic E-state index is 11.9. The fourth-order valence-electron chi connectivity index (χ4n) is 5.10. The molecule has 1 atom stereocenters. The van der Waals surface area contributed by atoms with E-state index in [-0.39, 0.29) is 11.3 Å². The van der Waals surface area contributed by atoms with Crippen LogP contribution in [-0.2, 0) is 16.1 Å². The Labute approximate surface area is 162 Å². The summed E-state index contributed by atoms with van der Waals surface area (Å²) in [5.41, 5.74) is 1.64. The molecule has 2 aliphatic rings. The third-order valence-corrected chi connectivity index (χ3v) is 6.75. The van der Waals surface area contributed by atoms with Crippen molar-refractivity contribution in [3.8, 4) is 0 Å².